The zero-order valence-electron chi connectivity index (χ0n) is 17.4. The van der Waals surface area contributed by atoms with Crippen molar-refractivity contribution in [1.29, 1.82) is 0 Å². The maximum absolute atomic E-state index is 13.1. The van der Waals surface area contributed by atoms with Crippen LogP contribution < -0.4 is 10.6 Å². The van der Waals surface area contributed by atoms with Gasteiger partial charge in [-0.05, 0) is 42.3 Å². The molecule has 0 spiro atoms. The number of carbonyl (C=O) groups is 2. The highest BCUT2D eigenvalue weighted by molar-refractivity contribution is 5.76. The van der Waals surface area contributed by atoms with Crippen molar-refractivity contribution in [3.8, 4) is 0 Å². The number of esters is 1. The Labute approximate surface area is 181 Å². The Morgan fingerprint density at radius 2 is 1.77 bits per heavy atom. The summed E-state index contributed by atoms with van der Waals surface area (Å²) in [5, 5.41) is 5.70. The third kappa shape index (κ3) is 6.70. The van der Waals surface area contributed by atoms with Crippen LogP contribution in [0.5, 0.6) is 0 Å². The Balaban J connectivity index is 1.60. The maximum atomic E-state index is 13.1. The summed E-state index contributed by atoms with van der Waals surface area (Å²) in [7, 11) is 0. The van der Waals surface area contributed by atoms with E-state index >= 15 is 0 Å². The molecule has 1 aromatic heterocycles. The van der Waals surface area contributed by atoms with E-state index in [1.54, 1.807) is 19.1 Å². The van der Waals surface area contributed by atoms with Crippen LogP contribution in [0, 0.1) is 5.82 Å². The summed E-state index contributed by atoms with van der Waals surface area (Å²) < 4.78 is 20.1. The number of carbonyl (C=O) groups excluding carboxylic acids is 2. The first-order valence-electron chi connectivity index (χ1n) is 10.2. The molecule has 0 saturated carbocycles. The summed E-state index contributed by atoms with van der Waals surface area (Å²) in [5.41, 5.74) is 2.69. The van der Waals surface area contributed by atoms with Crippen molar-refractivity contribution in [2.75, 3.05) is 6.61 Å². The molecule has 0 unspecified atom stereocenters. The Bertz CT molecular complexity index is 987. The first-order valence-corrected chi connectivity index (χ1v) is 10.2. The number of hydrogen-bond acceptors (Lipinski definition) is 3. The minimum Gasteiger partial charge on any atom is -0.466 e. The SMILES string of the molecule is CCOC(=O)C[C@@H](NC(=O)NCc1cccn1Cc1ccc(F)cc1)c1ccccc1. The lowest BCUT2D eigenvalue weighted by Gasteiger charge is -2.19. The van der Waals surface area contributed by atoms with Gasteiger partial charge in [-0.3, -0.25) is 4.79 Å². The van der Waals surface area contributed by atoms with Gasteiger partial charge >= 0.3 is 12.0 Å². The predicted octanol–water partition coefficient (Wildman–Crippen LogP) is 4.17. The summed E-state index contributed by atoms with van der Waals surface area (Å²) >= 11 is 0. The summed E-state index contributed by atoms with van der Waals surface area (Å²) in [4.78, 5) is 24.5. The van der Waals surface area contributed by atoms with Gasteiger partial charge in [0.25, 0.3) is 0 Å². The highest BCUT2D eigenvalue weighted by Crippen LogP contribution is 2.17. The monoisotopic (exact) mass is 423 g/mol. The minimum atomic E-state index is -0.494. The molecule has 0 aliphatic heterocycles. The van der Waals surface area contributed by atoms with E-state index in [9.17, 15) is 14.0 Å². The molecule has 162 valence electrons. The minimum absolute atomic E-state index is 0.0478. The average molecular weight is 423 g/mol. The van der Waals surface area contributed by atoms with Crippen molar-refractivity contribution >= 4 is 12.0 Å². The Morgan fingerprint density at radius 3 is 2.48 bits per heavy atom. The van der Waals surface area contributed by atoms with Crippen LogP contribution in [-0.2, 0) is 22.6 Å². The number of aromatic nitrogens is 1. The molecule has 0 bridgehead atoms. The number of amides is 2. The summed E-state index contributed by atoms with van der Waals surface area (Å²) in [6.07, 6.45) is 1.96. The molecule has 31 heavy (non-hydrogen) atoms. The van der Waals surface area contributed by atoms with E-state index in [1.807, 2.05) is 53.2 Å². The first kappa shape index (κ1) is 22.1. The molecule has 3 rings (SSSR count). The molecule has 0 aliphatic rings. The smallest absolute Gasteiger partial charge is 0.315 e. The molecule has 1 heterocycles. The summed E-state index contributed by atoms with van der Waals surface area (Å²) in [5.74, 6) is -0.643. The Morgan fingerprint density at radius 1 is 1.03 bits per heavy atom. The zero-order valence-corrected chi connectivity index (χ0v) is 17.4. The van der Waals surface area contributed by atoms with E-state index in [1.165, 1.54) is 12.1 Å². The van der Waals surface area contributed by atoms with Gasteiger partial charge in [0.05, 0.1) is 25.6 Å². The van der Waals surface area contributed by atoms with Crippen LogP contribution in [0.2, 0.25) is 0 Å². The molecule has 0 aliphatic carbocycles. The lowest BCUT2D eigenvalue weighted by Crippen LogP contribution is -2.38. The molecule has 7 heteroatoms. The van der Waals surface area contributed by atoms with Gasteiger partial charge in [0.15, 0.2) is 0 Å². The Hall–Kier alpha value is -3.61. The van der Waals surface area contributed by atoms with Crippen LogP contribution in [0.15, 0.2) is 72.9 Å². The molecule has 0 radical (unpaired) electrons. The molecular weight excluding hydrogens is 397 g/mol. The van der Waals surface area contributed by atoms with Crippen molar-refractivity contribution in [1.82, 2.24) is 15.2 Å². The number of rotatable bonds is 9. The van der Waals surface area contributed by atoms with Crippen molar-refractivity contribution in [3.63, 3.8) is 0 Å². The highest BCUT2D eigenvalue weighted by Gasteiger charge is 2.19. The van der Waals surface area contributed by atoms with Gasteiger partial charge in [-0.15, -0.1) is 0 Å². The van der Waals surface area contributed by atoms with Gasteiger partial charge in [0, 0.05) is 18.4 Å². The third-order valence-corrected chi connectivity index (χ3v) is 4.80. The Kier molecular flexibility index (Phi) is 7.81. The van der Waals surface area contributed by atoms with E-state index in [0.29, 0.717) is 13.1 Å². The van der Waals surface area contributed by atoms with Gasteiger partial charge in [-0.25, -0.2) is 9.18 Å². The molecule has 0 fully saturated rings. The van der Waals surface area contributed by atoms with E-state index < -0.39 is 6.04 Å². The number of hydrogen-bond donors (Lipinski definition) is 2. The maximum Gasteiger partial charge on any atom is 0.315 e. The number of benzene rings is 2. The number of halogens is 1. The van der Waals surface area contributed by atoms with E-state index in [0.717, 1.165) is 16.8 Å². The first-order chi connectivity index (χ1) is 15.0. The standard InChI is InChI=1S/C24H26FN3O3/c1-2-31-23(29)15-22(19-7-4-3-5-8-19)27-24(30)26-16-21-9-6-14-28(21)17-18-10-12-20(25)13-11-18/h3-14,22H,2,15-17H2,1H3,(H2,26,27,30)/t22-/m1/s1. The van der Waals surface area contributed by atoms with Crippen molar-refractivity contribution in [3.05, 3.63) is 95.6 Å². The van der Waals surface area contributed by atoms with Crippen LogP contribution in [0.1, 0.15) is 36.2 Å². The van der Waals surface area contributed by atoms with E-state index in [-0.39, 0.29) is 30.8 Å². The normalized spacial score (nSPS) is 11.5. The predicted molar refractivity (Wildman–Crippen MR) is 116 cm³/mol. The number of nitrogens with zero attached hydrogens (tertiary/aromatic N) is 1. The van der Waals surface area contributed by atoms with Gasteiger partial charge in [-0.1, -0.05) is 42.5 Å². The van der Waals surface area contributed by atoms with Crippen molar-refractivity contribution in [2.45, 2.75) is 32.5 Å². The van der Waals surface area contributed by atoms with Gasteiger partial charge < -0.3 is 19.9 Å². The summed E-state index contributed by atoms with van der Waals surface area (Å²) in [6.45, 7) is 2.91. The summed E-state index contributed by atoms with van der Waals surface area (Å²) in [6, 6.07) is 18.6. The molecule has 2 aromatic carbocycles. The van der Waals surface area contributed by atoms with Crippen LogP contribution >= 0.6 is 0 Å². The zero-order chi connectivity index (χ0) is 22.1. The fraction of sp³-hybridized carbons (Fsp3) is 0.250. The van der Waals surface area contributed by atoms with Crippen LogP contribution in [0.4, 0.5) is 9.18 Å². The van der Waals surface area contributed by atoms with Crippen molar-refractivity contribution < 1.29 is 18.7 Å². The van der Waals surface area contributed by atoms with Gasteiger partial charge in [0.1, 0.15) is 5.82 Å². The second-order valence-corrected chi connectivity index (χ2v) is 7.05. The van der Waals surface area contributed by atoms with Gasteiger partial charge in [-0.2, -0.15) is 0 Å². The molecular formula is C24H26FN3O3. The van der Waals surface area contributed by atoms with Crippen LogP contribution in [-0.4, -0.2) is 23.2 Å². The number of urea groups is 1. The highest BCUT2D eigenvalue weighted by atomic mass is 19.1. The molecule has 2 amide bonds. The molecule has 0 saturated heterocycles. The fourth-order valence-electron chi connectivity index (χ4n) is 3.25. The van der Waals surface area contributed by atoms with E-state index in [4.69, 9.17) is 4.74 Å². The second-order valence-electron chi connectivity index (χ2n) is 7.05. The molecule has 3 aromatic rings. The molecule has 2 N–H and O–H groups in total. The fourth-order valence-corrected chi connectivity index (χ4v) is 3.25. The average Bonchev–Trinajstić information content (AvgIpc) is 3.21. The van der Waals surface area contributed by atoms with Crippen LogP contribution in [0.3, 0.4) is 0 Å². The van der Waals surface area contributed by atoms with Gasteiger partial charge in [0.2, 0.25) is 0 Å². The topological polar surface area (TPSA) is 72.4 Å². The molecule has 6 nitrogen and oxygen atoms in total. The largest absolute Gasteiger partial charge is 0.466 e. The molecule has 1 atom stereocenters. The quantitative estimate of drug-likeness (QED) is 0.508. The lowest BCUT2D eigenvalue weighted by molar-refractivity contribution is -0.143. The number of ether oxygens (including phenoxy) is 1. The number of nitrogens with one attached hydrogen (secondary N) is 2. The van der Waals surface area contributed by atoms with Crippen LogP contribution in [0.25, 0.3) is 0 Å². The van der Waals surface area contributed by atoms with E-state index in [2.05, 4.69) is 10.6 Å². The lowest BCUT2D eigenvalue weighted by atomic mass is 10.0. The van der Waals surface area contributed by atoms with Crippen molar-refractivity contribution in [2.24, 2.45) is 0 Å². The third-order valence-electron chi connectivity index (χ3n) is 4.80. The second kappa shape index (κ2) is 11.0.